The fourth-order valence-corrected chi connectivity index (χ4v) is 6.67. The lowest BCUT2D eigenvalue weighted by atomic mass is 9.83. The first-order chi connectivity index (χ1) is 24.7. The van der Waals surface area contributed by atoms with Gasteiger partial charge in [0.2, 0.25) is 5.78 Å². The third-order valence-electron chi connectivity index (χ3n) is 8.96. The van der Waals surface area contributed by atoms with Crippen LogP contribution < -0.4 is 18.9 Å². The maximum Gasteiger partial charge on any atom is 0.201 e. The topological polar surface area (TPSA) is 89.5 Å². The molecule has 1 aliphatic heterocycles. The van der Waals surface area contributed by atoms with Crippen LogP contribution in [0.5, 0.6) is 23.0 Å². The summed E-state index contributed by atoms with van der Waals surface area (Å²) in [6, 6.07) is 34.7. The van der Waals surface area contributed by atoms with Crippen LogP contribution in [-0.4, -0.2) is 64.4 Å². The van der Waals surface area contributed by atoms with Gasteiger partial charge in [-0.3, -0.25) is 9.59 Å². The lowest BCUT2D eigenvalue weighted by Crippen LogP contribution is -2.24. The summed E-state index contributed by atoms with van der Waals surface area (Å²) in [5, 5.41) is 4.09. The van der Waals surface area contributed by atoms with E-state index in [1.54, 1.807) is 36.4 Å². The molecule has 0 radical (unpaired) electrons. The molecular formula is C42H34O8. The average Bonchev–Trinajstić information content (AvgIpc) is 3.15. The molecule has 0 saturated carbocycles. The summed E-state index contributed by atoms with van der Waals surface area (Å²) in [6.07, 6.45) is 0. The third kappa shape index (κ3) is 5.93. The highest BCUT2D eigenvalue weighted by Crippen LogP contribution is 2.44. The Hall–Kier alpha value is -5.70. The average molecular weight is 667 g/mol. The van der Waals surface area contributed by atoms with Gasteiger partial charge in [-0.2, -0.15) is 0 Å². The van der Waals surface area contributed by atoms with Crippen LogP contribution in [0, 0.1) is 0 Å². The van der Waals surface area contributed by atoms with Gasteiger partial charge in [0.15, 0.2) is 5.78 Å². The summed E-state index contributed by atoms with van der Waals surface area (Å²) in [7, 11) is 0. The summed E-state index contributed by atoms with van der Waals surface area (Å²) in [5.74, 6) is 1.57. The zero-order valence-corrected chi connectivity index (χ0v) is 27.3. The van der Waals surface area contributed by atoms with E-state index in [1.165, 1.54) is 0 Å². The summed E-state index contributed by atoms with van der Waals surface area (Å²) >= 11 is 0. The van der Waals surface area contributed by atoms with Crippen molar-refractivity contribution >= 4 is 33.1 Å². The van der Waals surface area contributed by atoms with Crippen LogP contribution in [0.25, 0.3) is 32.7 Å². The minimum absolute atomic E-state index is 0.178. The minimum Gasteiger partial charge on any atom is -0.490 e. The molecule has 0 saturated heterocycles. The number of carbonyl (C=O) groups is 2. The first-order valence-electron chi connectivity index (χ1n) is 16.7. The molecule has 0 unspecified atom stereocenters. The Morgan fingerprint density at radius 1 is 0.360 bits per heavy atom. The highest BCUT2D eigenvalue weighted by atomic mass is 16.6. The molecule has 8 rings (SSSR count). The van der Waals surface area contributed by atoms with Gasteiger partial charge < -0.3 is 28.4 Å². The predicted molar refractivity (Wildman–Crippen MR) is 190 cm³/mol. The van der Waals surface area contributed by atoms with E-state index in [2.05, 4.69) is 48.5 Å². The SMILES string of the molecule is O=C1c2cccc3c2C(=O)c2c(cccc21)OCCOCCOc1c(ccc2ccccc12)-c1ccc2ccccc2c1OCCOCCO3. The lowest BCUT2D eigenvalue weighted by Gasteiger charge is -2.22. The molecule has 6 aromatic rings. The van der Waals surface area contributed by atoms with E-state index in [-0.39, 0.29) is 49.1 Å². The highest BCUT2D eigenvalue weighted by Gasteiger charge is 2.34. The molecule has 8 nitrogen and oxygen atoms in total. The van der Waals surface area contributed by atoms with Crippen LogP contribution in [0.2, 0.25) is 0 Å². The molecule has 0 fully saturated rings. The second kappa shape index (κ2) is 14.0. The first kappa shape index (κ1) is 31.6. The van der Waals surface area contributed by atoms with Crippen molar-refractivity contribution in [1.29, 1.82) is 0 Å². The Morgan fingerprint density at radius 2 is 0.800 bits per heavy atom. The van der Waals surface area contributed by atoms with Crippen LogP contribution in [0.3, 0.4) is 0 Å². The van der Waals surface area contributed by atoms with Crippen molar-refractivity contribution in [2.75, 3.05) is 52.9 Å². The van der Waals surface area contributed by atoms with Crippen LogP contribution in [-0.2, 0) is 9.47 Å². The number of hydrogen-bond donors (Lipinski definition) is 0. The lowest BCUT2D eigenvalue weighted by molar-refractivity contribution is 0.0758. The molecule has 1 aliphatic carbocycles. The first-order valence-corrected chi connectivity index (χ1v) is 16.7. The fraction of sp³-hybridized carbons (Fsp3) is 0.190. The smallest absolute Gasteiger partial charge is 0.201 e. The van der Waals surface area contributed by atoms with Gasteiger partial charge in [-0.15, -0.1) is 0 Å². The Morgan fingerprint density at radius 3 is 1.28 bits per heavy atom. The zero-order chi connectivity index (χ0) is 33.9. The molecule has 0 atom stereocenters. The number of ketones is 2. The number of ether oxygens (including phenoxy) is 6. The third-order valence-corrected chi connectivity index (χ3v) is 8.96. The number of benzene rings is 6. The Labute approximate surface area is 289 Å². The molecule has 0 N–H and O–H groups in total. The van der Waals surface area contributed by atoms with Gasteiger partial charge in [0, 0.05) is 33.0 Å². The van der Waals surface area contributed by atoms with E-state index in [9.17, 15) is 9.59 Å². The van der Waals surface area contributed by atoms with Gasteiger partial charge in [0.25, 0.3) is 0 Å². The highest BCUT2D eigenvalue weighted by molar-refractivity contribution is 6.30. The van der Waals surface area contributed by atoms with Crippen molar-refractivity contribution in [3.05, 3.63) is 131 Å². The molecule has 250 valence electrons. The van der Waals surface area contributed by atoms with E-state index in [1.807, 2.05) is 24.3 Å². The van der Waals surface area contributed by atoms with Gasteiger partial charge in [0.1, 0.15) is 49.4 Å². The Kier molecular flexibility index (Phi) is 8.86. The zero-order valence-electron chi connectivity index (χ0n) is 27.3. The number of carbonyl (C=O) groups excluding carboxylic acids is 2. The van der Waals surface area contributed by atoms with Crippen molar-refractivity contribution in [2.45, 2.75) is 0 Å². The molecule has 0 aromatic heterocycles. The van der Waals surface area contributed by atoms with Crippen LogP contribution >= 0.6 is 0 Å². The van der Waals surface area contributed by atoms with E-state index < -0.39 is 0 Å². The van der Waals surface area contributed by atoms with Crippen molar-refractivity contribution in [3.63, 3.8) is 0 Å². The molecule has 0 spiro atoms. The van der Waals surface area contributed by atoms with E-state index in [4.69, 9.17) is 28.4 Å². The summed E-state index contributed by atoms with van der Waals surface area (Å²) < 4.78 is 36.9. The summed E-state index contributed by atoms with van der Waals surface area (Å²) in [6.45, 7) is 2.08. The second-order valence-corrected chi connectivity index (χ2v) is 12.0. The van der Waals surface area contributed by atoms with Gasteiger partial charge in [-0.25, -0.2) is 0 Å². The van der Waals surface area contributed by atoms with Crippen molar-refractivity contribution < 1.29 is 38.0 Å². The molecule has 1 heterocycles. The molecule has 6 aromatic carbocycles. The van der Waals surface area contributed by atoms with Gasteiger partial charge in [-0.05, 0) is 35.0 Å². The molecule has 0 amide bonds. The predicted octanol–water partition coefficient (Wildman–Crippen LogP) is 7.70. The summed E-state index contributed by atoms with van der Waals surface area (Å²) in [5.41, 5.74) is 2.89. The van der Waals surface area contributed by atoms with Crippen LogP contribution in [0.15, 0.2) is 109 Å². The molecule has 2 bridgehead atoms. The number of rotatable bonds is 0. The largest absolute Gasteiger partial charge is 0.490 e. The van der Waals surface area contributed by atoms with E-state index in [0.717, 1.165) is 44.2 Å². The number of hydrogen-bond acceptors (Lipinski definition) is 8. The van der Waals surface area contributed by atoms with Crippen molar-refractivity contribution in [2.24, 2.45) is 0 Å². The fourth-order valence-electron chi connectivity index (χ4n) is 6.67. The summed E-state index contributed by atoms with van der Waals surface area (Å²) in [4.78, 5) is 27.4. The Balaban J connectivity index is 1.11. The maximum absolute atomic E-state index is 13.9. The van der Waals surface area contributed by atoms with Gasteiger partial charge in [-0.1, -0.05) is 84.9 Å². The maximum atomic E-state index is 13.9. The van der Waals surface area contributed by atoms with Gasteiger partial charge in [0.05, 0.1) is 37.6 Å². The van der Waals surface area contributed by atoms with Crippen molar-refractivity contribution in [3.8, 4) is 34.1 Å². The van der Waals surface area contributed by atoms with E-state index in [0.29, 0.717) is 49.1 Å². The quantitative estimate of drug-likeness (QED) is 0.163. The molecular weight excluding hydrogens is 632 g/mol. The standard InChI is InChI=1S/C42H34O8/c43-39-33-11-5-13-35-37(33)40(44)38-34(39)12-6-14-36(38)48-24-20-46-22-26-50-42-30-10-4-2-8-28(30)16-18-32(42)31-17-15-27-7-1-3-9-29(27)41(31)49-25-21-45-19-23-47-35/h1-18H,19-26H2. The monoisotopic (exact) mass is 666 g/mol. The molecule has 2 aliphatic rings. The van der Waals surface area contributed by atoms with E-state index >= 15 is 0 Å². The molecule has 8 heteroatoms. The normalized spacial score (nSPS) is 15.5. The Bertz CT molecular complexity index is 2090. The second-order valence-electron chi connectivity index (χ2n) is 12.0. The minimum atomic E-state index is -0.320. The molecule has 50 heavy (non-hydrogen) atoms. The number of fused-ring (bicyclic) bond motifs is 7. The van der Waals surface area contributed by atoms with Crippen molar-refractivity contribution in [1.82, 2.24) is 0 Å². The van der Waals surface area contributed by atoms with Crippen LogP contribution in [0.4, 0.5) is 0 Å². The van der Waals surface area contributed by atoms with Crippen LogP contribution in [0.1, 0.15) is 31.8 Å². The van der Waals surface area contributed by atoms with Gasteiger partial charge >= 0.3 is 0 Å².